The molecular formula is C17H22N2. The van der Waals surface area contributed by atoms with E-state index < -0.39 is 0 Å². The highest BCUT2D eigenvalue weighted by molar-refractivity contribution is 5.75. The van der Waals surface area contributed by atoms with Crippen molar-refractivity contribution in [1.29, 1.82) is 0 Å². The molecule has 0 bridgehead atoms. The van der Waals surface area contributed by atoms with Crippen LogP contribution < -0.4 is 0 Å². The number of imidazole rings is 1. The Labute approximate surface area is 115 Å². The molecule has 0 atom stereocenters. The molecule has 2 nitrogen and oxygen atoms in total. The molecule has 2 rings (SSSR count). The molecule has 2 aromatic rings. The number of benzene rings is 1. The summed E-state index contributed by atoms with van der Waals surface area (Å²) in [6.07, 6.45) is 9.01. The number of hydrogen-bond acceptors (Lipinski definition) is 1. The molecule has 100 valence electrons. The predicted molar refractivity (Wildman–Crippen MR) is 82.3 cm³/mol. The Morgan fingerprint density at radius 1 is 1.16 bits per heavy atom. The fourth-order valence-electron chi connectivity index (χ4n) is 2.19. The van der Waals surface area contributed by atoms with E-state index in [0.29, 0.717) is 0 Å². The van der Waals surface area contributed by atoms with Gasteiger partial charge in [0.25, 0.3) is 0 Å². The maximum atomic E-state index is 4.57. The molecular weight excluding hydrogens is 232 g/mol. The van der Waals surface area contributed by atoms with Crippen molar-refractivity contribution in [2.75, 3.05) is 0 Å². The van der Waals surface area contributed by atoms with E-state index in [1.54, 1.807) is 0 Å². The van der Waals surface area contributed by atoms with Crippen molar-refractivity contribution in [2.45, 2.75) is 40.2 Å². The normalized spacial score (nSPS) is 11.3. The molecule has 1 heterocycles. The lowest BCUT2D eigenvalue weighted by atomic mass is 10.2. The zero-order chi connectivity index (χ0) is 13.7. The SMILES string of the molecule is CC(C)=CCCC=CCn1c(C)nc2ccccc21. The highest BCUT2D eigenvalue weighted by Gasteiger charge is 2.03. The van der Waals surface area contributed by atoms with E-state index in [1.165, 1.54) is 11.1 Å². The first-order chi connectivity index (χ1) is 9.18. The van der Waals surface area contributed by atoms with Crippen molar-refractivity contribution < 1.29 is 0 Å². The third kappa shape index (κ3) is 3.57. The van der Waals surface area contributed by atoms with E-state index in [0.717, 1.165) is 30.7 Å². The first-order valence-electron chi connectivity index (χ1n) is 6.88. The van der Waals surface area contributed by atoms with Gasteiger partial charge >= 0.3 is 0 Å². The minimum atomic E-state index is 0.904. The fourth-order valence-corrected chi connectivity index (χ4v) is 2.19. The third-order valence-electron chi connectivity index (χ3n) is 3.19. The standard InChI is InChI=1S/C17H22N2/c1-14(2)10-6-4-5-9-13-19-15(3)18-16-11-7-8-12-17(16)19/h5,7-12H,4,6,13H2,1-3H3. The Kier molecular flexibility index (Phi) is 4.56. The summed E-state index contributed by atoms with van der Waals surface area (Å²) in [4.78, 5) is 4.57. The van der Waals surface area contributed by atoms with E-state index >= 15 is 0 Å². The van der Waals surface area contributed by atoms with Crippen LogP contribution in [0.2, 0.25) is 0 Å². The summed E-state index contributed by atoms with van der Waals surface area (Å²) in [5, 5.41) is 0. The van der Waals surface area contributed by atoms with Crippen molar-refractivity contribution in [3.8, 4) is 0 Å². The van der Waals surface area contributed by atoms with Gasteiger partial charge < -0.3 is 4.57 Å². The van der Waals surface area contributed by atoms with Gasteiger partial charge in [-0.25, -0.2) is 4.98 Å². The van der Waals surface area contributed by atoms with Crippen LogP contribution in [0, 0.1) is 6.92 Å². The van der Waals surface area contributed by atoms with Crippen LogP contribution in [0.25, 0.3) is 11.0 Å². The summed E-state index contributed by atoms with van der Waals surface area (Å²) in [7, 11) is 0. The molecule has 0 N–H and O–H groups in total. The van der Waals surface area contributed by atoms with Gasteiger partial charge in [0.15, 0.2) is 0 Å². The quantitative estimate of drug-likeness (QED) is 0.561. The van der Waals surface area contributed by atoms with Crippen LogP contribution in [-0.2, 0) is 6.54 Å². The summed E-state index contributed by atoms with van der Waals surface area (Å²) < 4.78 is 2.26. The number of hydrogen-bond donors (Lipinski definition) is 0. The minimum Gasteiger partial charge on any atom is -0.324 e. The summed E-state index contributed by atoms with van der Waals surface area (Å²) in [5.41, 5.74) is 3.69. The summed E-state index contributed by atoms with van der Waals surface area (Å²) >= 11 is 0. The number of aryl methyl sites for hydroxylation is 1. The molecule has 0 amide bonds. The molecule has 1 aromatic heterocycles. The molecule has 0 saturated heterocycles. The average Bonchev–Trinajstić information content (AvgIpc) is 2.69. The van der Waals surface area contributed by atoms with Gasteiger partial charge in [-0.3, -0.25) is 0 Å². The molecule has 0 aliphatic heterocycles. The number of rotatable bonds is 5. The number of fused-ring (bicyclic) bond motifs is 1. The topological polar surface area (TPSA) is 17.8 Å². The summed E-state index contributed by atoms with van der Waals surface area (Å²) in [6, 6.07) is 8.30. The Morgan fingerprint density at radius 2 is 1.95 bits per heavy atom. The Bertz CT molecular complexity index is 599. The van der Waals surface area contributed by atoms with Crippen LogP contribution in [0.15, 0.2) is 48.1 Å². The molecule has 0 radical (unpaired) electrons. The van der Waals surface area contributed by atoms with Crippen molar-refractivity contribution >= 4 is 11.0 Å². The molecule has 0 fully saturated rings. The fraction of sp³-hybridized carbons (Fsp3) is 0.353. The number of nitrogens with zero attached hydrogens (tertiary/aromatic N) is 2. The van der Waals surface area contributed by atoms with Crippen LogP contribution in [0.5, 0.6) is 0 Å². The predicted octanol–water partition coefficient (Wildman–Crippen LogP) is 4.65. The molecule has 0 aliphatic carbocycles. The van der Waals surface area contributed by atoms with Crippen molar-refractivity contribution in [2.24, 2.45) is 0 Å². The number of para-hydroxylation sites is 2. The molecule has 0 spiro atoms. The summed E-state index contributed by atoms with van der Waals surface area (Å²) in [5.74, 6) is 1.08. The maximum Gasteiger partial charge on any atom is 0.107 e. The van der Waals surface area contributed by atoms with Gasteiger partial charge in [0.1, 0.15) is 5.82 Å². The lowest BCUT2D eigenvalue weighted by Gasteiger charge is -2.02. The van der Waals surface area contributed by atoms with E-state index in [4.69, 9.17) is 0 Å². The third-order valence-corrected chi connectivity index (χ3v) is 3.19. The second-order valence-electron chi connectivity index (χ2n) is 5.09. The van der Waals surface area contributed by atoms with Crippen LogP contribution in [0.1, 0.15) is 32.5 Å². The second kappa shape index (κ2) is 6.37. The highest BCUT2D eigenvalue weighted by atomic mass is 15.1. The number of allylic oxidation sites excluding steroid dienone is 4. The second-order valence-corrected chi connectivity index (χ2v) is 5.09. The molecule has 2 heteroatoms. The van der Waals surface area contributed by atoms with Gasteiger partial charge in [0, 0.05) is 6.54 Å². The number of aromatic nitrogens is 2. The van der Waals surface area contributed by atoms with Gasteiger partial charge in [0.2, 0.25) is 0 Å². The smallest absolute Gasteiger partial charge is 0.107 e. The maximum absolute atomic E-state index is 4.57. The zero-order valence-electron chi connectivity index (χ0n) is 12.1. The number of unbranched alkanes of at least 4 members (excludes halogenated alkanes) is 1. The van der Waals surface area contributed by atoms with Crippen LogP contribution >= 0.6 is 0 Å². The summed E-state index contributed by atoms with van der Waals surface area (Å²) in [6.45, 7) is 7.26. The first-order valence-corrected chi connectivity index (χ1v) is 6.88. The monoisotopic (exact) mass is 254 g/mol. The molecule has 1 aromatic carbocycles. The van der Waals surface area contributed by atoms with Crippen LogP contribution in [0.3, 0.4) is 0 Å². The Balaban J connectivity index is 2.00. The largest absolute Gasteiger partial charge is 0.324 e. The van der Waals surface area contributed by atoms with E-state index in [1.807, 2.05) is 6.07 Å². The Morgan fingerprint density at radius 3 is 2.74 bits per heavy atom. The van der Waals surface area contributed by atoms with E-state index in [9.17, 15) is 0 Å². The van der Waals surface area contributed by atoms with Gasteiger partial charge in [-0.05, 0) is 45.7 Å². The van der Waals surface area contributed by atoms with Gasteiger partial charge in [-0.1, -0.05) is 35.9 Å². The van der Waals surface area contributed by atoms with Gasteiger partial charge in [0.05, 0.1) is 11.0 Å². The molecule has 0 saturated carbocycles. The molecule has 0 unspecified atom stereocenters. The van der Waals surface area contributed by atoms with Gasteiger partial charge in [-0.2, -0.15) is 0 Å². The van der Waals surface area contributed by atoms with Crippen LogP contribution in [0.4, 0.5) is 0 Å². The van der Waals surface area contributed by atoms with E-state index in [2.05, 4.69) is 66.7 Å². The molecule has 19 heavy (non-hydrogen) atoms. The first kappa shape index (κ1) is 13.6. The van der Waals surface area contributed by atoms with Gasteiger partial charge in [-0.15, -0.1) is 0 Å². The van der Waals surface area contributed by atoms with E-state index in [-0.39, 0.29) is 0 Å². The van der Waals surface area contributed by atoms with Crippen molar-refractivity contribution in [3.63, 3.8) is 0 Å². The lowest BCUT2D eigenvalue weighted by Crippen LogP contribution is -1.97. The van der Waals surface area contributed by atoms with Crippen molar-refractivity contribution in [1.82, 2.24) is 9.55 Å². The minimum absolute atomic E-state index is 0.904. The highest BCUT2D eigenvalue weighted by Crippen LogP contribution is 2.15. The zero-order valence-corrected chi connectivity index (χ0v) is 12.1. The lowest BCUT2D eigenvalue weighted by molar-refractivity contribution is 0.802. The molecule has 0 aliphatic rings. The van der Waals surface area contributed by atoms with Crippen LogP contribution in [-0.4, -0.2) is 9.55 Å². The van der Waals surface area contributed by atoms with Crippen molar-refractivity contribution in [3.05, 3.63) is 53.9 Å². The Hall–Kier alpha value is -1.83. The average molecular weight is 254 g/mol.